The van der Waals surface area contributed by atoms with Gasteiger partial charge >= 0.3 is 5.69 Å². The molecule has 7 heteroatoms. The first kappa shape index (κ1) is 17.2. The standard InChI is InChI=1S/C18H21N3O4/c1-12-5-8-19-18(17(12)21(22)23)20-14-3-4-16(13(2)11-14)25-15-6-9-24-10-7-15/h3-5,8,11,15H,6-7,9-10H2,1-2H3,(H,19,20). The van der Waals surface area contributed by atoms with E-state index < -0.39 is 4.92 Å². The van der Waals surface area contributed by atoms with Crippen LogP contribution in [0.2, 0.25) is 0 Å². The predicted molar refractivity (Wildman–Crippen MR) is 94.6 cm³/mol. The van der Waals surface area contributed by atoms with Gasteiger partial charge < -0.3 is 14.8 Å². The third kappa shape index (κ3) is 4.06. The van der Waals surface area contributed by atoms with E-state index in [0.29, 0.717) is 5.56 Å². The Morgan fingerprint density at radius 2 is 2.00 bits per heavy atom. The van der Waals surface area contributed by atoms with E-state index in [0.717, 1.165) is 43.1 Å². The Balaban J connectivity index is 1.77. The van der Waals surface area contributed by atoms with Crippen molar-refractivity contribution in [3.8, 4) is 5.75 Å². The number of pyridine rings is 1. The third-order valence-corrected chi connectivity index (χ3v) is 4.21. The summed E-state index contributed by atoms with van der Waals surface area (Å²) in [5, 5.41) is 14.3. The Labute approximate surface area is 146 Å². The molecule has 1 aromatic carbocycles. The van der Waals surface area contributed by atoms with Crippen molar-refractivity contribution >= 4 is 17.2 Å². The van der Waals surface area contributed by atoms with Crippen molar-refractivity contribution in [1.29, 1.82) is 0 Å². The number of nitrogens with one attached hydrogen (secondary N) is 1. The topological polar surface area (TPSA) is 86.5 Å². The highest BCUT2D eigenvalue weighted by Crippen LogP contribution is 2.31. The van der Waals surface area contributed by atoms with Gasteiger partial charge in [0, 0.05) is 30.3 Å². The summed E-state index contributed by atoms with van der Waals surface area (Å²) in [5.41, 5.74) is 2.26. The largest absolute Gasteiger partial charge is 0.490 e. The number of hydrogen-bond donors (Lipinski definition) is 1. The zero-order valence-electron chi connectivity index (χ0n) is 14.3. The maximum Gasteiger partial charge on any atom is 0.314 e. The van der Waals surface area contributed by atoms with Crippen LogP contribution in [0.1, 0.15) is 24.0 Å². The maximum atomic E-state index is 11.3. The van der Waals surface area contributed by atoms with E-state index in [2.05, 4.69) is 10.3 Å². The van der Waals surface area contributed by atoms with Crippen LogP contribution >= 0.6 is 0 Å². The summed E-state index contributed by atoms with van der Waals surface area (Å²) in [6.45, 7) is 5.11. The van der Waals surface area contributed by atoms with Crippen LogP contribution in [0.15, 0.2) is 30.5 Å². The molecule has 0 saturated carbocycles. The molecule has 0 unspecified atom stereocenters. The van der Waals surface area contributed by atoms with Crippen LogP contribution in [0.25, 0.3) is 0 Å². The molecule has 1 aliphatic heterocycles. The van der Waals surface area contributed by atoms with Gasteiger partial charge in [0.25, 0.3) is 0 Å². The second-order valence-electron chi connectivity index (χ2n) is 6.12. The van der Waals surface area contributed by atoms with Crippen molar-refractivity contribution in [1.82, 2.24) is 4.98 Å². The fourth-order valence-corrected chi connectivity index (χ4v) is 2.84. The number of benzene rings is 1. The molecular formula is C18H21N3O4. The molecule has 0 radical (unpaired) electrons. The van der Waals surface area contributed by atoms with Crippen LogP contribution in [-0.2, 0) is 4.74 Å². The molecule has 132 valence electrons. The first-order chi connectivity index (χ1) is 12.0. The molecule has 2 heterocycles. The molecule has 25 heavy (non-hydrogen) atoms. The lowest BCUT2D eigenvalue weighted by atomic mass is 10.1. The zero-order valence-corrected chi connectivity index (χ0v) is 14.3. The van der Waals surface area contributed by atoms with Crippen LogP contribution in [0.4, 0.5) is 17.2 Å². The van der Waals surface area contributed by atoms with E-state index in [9.17, 15) is 10.1 Å². The average Bonchev–Trinajstić information content (AvgIpc) is 2.58. The van der Waals surface area contributed by atoms with Crippen LogP contribution in [0.5, 0.6) is 5.75 Å². The first-order valence-electron chi connectivity index (χ1n) is 8.26. The number of ether oxygens (including phenoxy) is 2. The summed E-state index contributed by atoms with van der Waals surface area (Å²) < 4.78 is 11.4. The molecular weight excluding hydrogens is 322 g/mol. The molecule has 1 aliphatic rings. The van der Waals surface area contributed by atoms with Gasteiger partial charge in [-0.05, 0) is 43.7 Å². The highest BCUT2D eigenvalue weighted by molar-refractivity contribution is 5.68. The Hall–Kier alpha value is -2.67. The molecule has 1 saturated heterocycles. The van der Waals surface area contributed by atoms with Crippen LogP contribution in [0, 0.1) is 24.0 Å². The summed E-state index contributed by atoms with van der Waals surface area (Å²) in [6, 6.07) is 7.26. The number of aryl methyl sites for hydroxylation is 2. The van der Waals surface area contributed by atoms with Crippen molar-refractivity contribution in [2.45, 2.75) is 32.8 Å². The SMILES string of the molecule is Cc1cc(Nc2nccc(C)c2[N+](=O)[O-])ccc1OC1CCOCC1. The van der Waals surface area contributed by atoms with Crippen LogP contribution in [-0.4, -0.2) is 29.2 Å². The van der Waals surface area contributed by atoms with E-state index in [1.54, 1.807) is 19.2 Å². The van der Waals surface area contributed by atoms with Gasteiger partial charge in [0.1, 0.15) is 11.9 Å². The minimum Gasteiger partial charge on any atom is -0.490 e. The molecule has 0 aliphatic carbocycles. The highest BCUT2D eigenvalue weighted by atomic mass is 16.6. The number of rotatable bonds is 5. The minimum absolute atomic E-state index is 0.0114. The Bertz CT molecular complexity index is 773. The normalized spacial score (nSPS) is 15.0. The third-order valence-electron chi connectivity index (χ3n) is 4.21. The smallest absolute Gasteiger partial charge is 0.314 e. The van der Waals surface area contributed by atoms with Crippen LogP contribution in [0.3, 0.4) is 0 Å². The lowest BCUT2D eigenvalue weighted by Crippen LogP contribution is -2.26. The molecule has 1 aromatic heterocycles. The molecule has 3 rings (SSSR count). The molecule has 0 amide bonds. The molecule has 0 bridgehead atoms. The van der Waals surface area contributed by atoms with Gasteiger partial charge in [-0.15, -0.1) is 0 Å². The molecule has 2 aromatic rings. The Kier molecular flexibility index (Phi) is 5.14. The average molecular weight is 343 g/mol. The van der Waals surface area contributed by atoms with Crippen molar-refractivity contribution in [2.75, 3.05) is 18.5 Å². The Morgan fingerprint density at radius 3 is 2.68 bits per heavy atom. The lowest BCUT2D eigenvalue weighted by molar-refractivity contribution is -0.384. The van der Waals surface area contributed by atoms with Gasteiger partial charge in [0.2, 0.25) is 5.82 Å². The molecule has 0 spiro atoms. The van der Waals surface area contributed by atoms with E-state index in [-0.39, 0.29) is 17.6 Å². The van der Waals surface area contributed by atoms with Gasteiger partial charge in [-0.25, -0.2) is 4.98 Å². The monoisotopic (exact) mass is 343 g/mol. The van der Waals surface area contributed by atoms with E-state index in [4.69, 9.17) is 9.47 Å². The van der Waals surface area contributed by atoms with Crippen molar-refractivity contribution in [3.05, 3.63) is 51.7 Å². The molecule has 0 atom stereocenters. The predicted octanol–water partition coefficient (Wildman–Crippen LogP) is 3.91. The van der Waals surface area contributed by atoms with E-state index in [1.807, 2.05) is 25.1 Å². The number of nitro groups is 1. The van der Waals surface area contributed by atoms with Crippen LogP contribution < -0.4 is 10.1 Å². The quantitative estimate of drug-likeness (QED) is 0.654. The Morgan fingerprint density at radius 1 is 1.24 bits per heavy atom. The minimum atomic E-state index is -0.417. The second-order valence-corrected chi connectivity index (χ2v) is 6.12. The number of hydrogen-bond acceptors (Lipinski definition) is 6. The number of nitrogens with zero attached hydrogens (tertiary/aromatic N) is 2. The van der Waals surface area contributed by atoms with Gasteiger partial charge in [0.15, 0.2) is 0 Å². The van der Waals surface area contributed by atoms with E-state index in [1.165, 1.54) is 0 Å². The van der Waals surface area contributed by atoms with Crippen molar-refractivity contribution in [2.24, 2.45) is 0 Å². The number of aromatic nitrogens is 1. The van der Waals surface area contributed by atoms with Crippen molar-refractivity contribution in [3.63, 3.8) is 0 Å². The van der Waals surface area contributed by atoms with Gasteiger partial charge in [-0.1, -0.05) is 0 Å². The second kappa shape index (κ2) is 7.48. The lowest BCUT2D eigenvalue weighted by Gasteiger charge is -2.24. The fourth-order valence-electron chi connectivity index (χ4n) is 2.84. The molecule has 1 fully saturated rings. The fraction of sp³-hybridized carbons (Fsp3) is 0.389. The number of anilines is 2. The summed E-state index contributed by atoms with van der Waals surface area (Å²) in [6.07, 6.45) is 3.50. The molecule has 7 nitrogen and oxygen atoms in total. The first-order valence-corrected chi connectivity index (χ1v) is 8.26. The maximum absolute atomic E-state index is 11.3. The van der Waals surface area contributed by atoms with Gasteiger partial charge in [-0.2, -0.15) is 0 Å². The van der Waals surface area contributed by atoms with Gasteiger partial charge in [-0.3, -0.25) is 10.1 Å². The summed E-state index contributed by atoms with van der Waals surface area (Å²) in [5.74, 6) is 1.06. The summed E-state index contributed by atoms with van der Waals surface area (Å²) in [7, 11) is 0. The highest BCUT2D eigenvalue weighted by Gasteiger charge is 2.19. The van der Waals surface area contributed by atoms with Crippen molar-refractivity contribution < 1.29 is 14.4 Å². The zero-order chi connectivity index (χ0) is 17.8. The van der Waals surface area contributed by atoms with E-state index >= 15 is 0 Å². The van der Waals surface area contributed by atoms with Gasteiger partial charge in [0.05, 0.1) is 18.1 Å². The summed E-state index contributed by atoms with van der Waals surface area (Å²) in [4.78, 5) is 15.0. The molecule has 1 N–H and O–H groups in total. The summed E-state index contributed by atoms with van der Waals surface area (Å²) >= 11 is 0.